The largest absolute Gasteiger partial charge is 0.481 e. The highest BCUT2D eigenvalue weighted by atomic mass is 16.4. The molecule has 0 aromatic rings. The number of nitrogens with one attached hydrogen (secondary N) is 1. The van der Waals surface area contributed by atoms with Crippen LogP contribution in [0.1, 0.15) is 38.5 Å². The van der Waals surface area contributed by atoms with Gasteiger partial charge in [0.15, 0.2) is 0 Å². The minimum absolute atomic E-state index is 0.0200. The Labute approximate surface area is 100 Å². The Morgan fingerprint density at radius 2 is 1.88 bits per heavy atom. The molecule has 3 N–H and O–H groups in total. The Morgan fingerprint density at radius 3 is 2.29 bits per heavy atom. The van der Waals surface area contributed by atoms with E-state index in [9.17, 15) is 14.7 Å². The summed E-state index contributed by atoms with van der Waals surface area (Å²) in [7, 11) is 0. The zero-order valence-corrected chi connectivity index (χ0v) is 9.82. The Kier molecular flexibility index (Phi) is 3.38. The lowest BCUT2D eigenvalue weighted by atomic mass is 9.77. The number of carbonyl (C=O) groups excluding carboxylic acids is 1. The normalized spacial score (nSPS) is 30.6. The number of amides is 1. The Hall–Kier alpha value is -1.10. The number of hydrogen-bond acceptors (Lipinski definition) is 3. The molecule has 2 fully saturated rings. The molecular formula is C12H19NO4. The van der Waals surface area contributed by atoms with Crippen LogP contribution in [0.4, 0.5) is 0 Å². The van der Waals surface area contributed by atoms with Crippen molar-refractivity contribution >= 4 is 11.9 Å². The number of carbonyl (C=O) groups is 2. The van der Waals surface area contributed by atoms with Crippen LogP contribution in [0.3, 0.4) is 0 Å². The molecule has 0 unspecified atom stereocenters. The maximum atomic E-state index is 12.0. The molecule has 0 saturated heterocycles. The van der Waals surface area contributed by atoms with Gasteiger partial charge in [-0.15, -0.1) is 0 Å². The summed E-state index contributed by atoms with van der Waals surface area (Å²) in [5.41, 5.74) is -0.418. The van der Waals surface area contributed by atoms with E-state index >= 15 is 0 Å². The Morgan fingerprint density at radius 1 is 1.24 bits per heavy atom. The molecule has 0 bridgehead atoms. The lowest BCUT2D eigenvalue weighted by molar-refractivity contribution is -0.141. The highest BCUT2D eigenvalue weighted by Gasteiger charge is 2.41. The van der Waals surface area contributed by atoms with Crippen LogP contribution in [0.25, 0.3) is 0 Å². The van der Waals surface area contributed by atoms with E-state index in [-0.39, 0.29) is 24.3 Å². The van der Waals surface area contributed by atoms with E-state index < -0.39 is 11.5 Å². The highest BCUT2D eigenvalue weighted by molar-refractivity contribution is 5.81. The van der Waals surface area contributed by atoms with Crippen molar-refractivity contribution in [3.05, 3.63) is 0 Å². The van der Waals surface area contributed by atoms with Crippen molar-refractivity contribution in [2.75, 3.05) is 6.61 Å². The minimum Gasteiger partial charge on any atom is -0.481 e. The second-order valence-corrected chi connectivity index (χ2v) is 5.33. The van der Waals surface area contributed by atoms with Crippen molar-refractivity contribution in [1.29, 1.82) is 0 Å². The number of carboxylic acid groups (broad SMARTS) is 1. The molecule has 5 nitrogen and oxygen atoms in total. The second kappa shape index (κ2) is 4.64. The van der Waals surface area contributed by atoms with Gasteiger partial charge in [-0.05, 0) is 38.5 Å². The van der Waals surface area contributed by atoms with Crippen LogP contribution in [0.5, 0.6) is 0 Å². The predicted octanol–water partition coefficient (Wildman–Crippen LogP) is 0.518. The minimum atomic E-state index is -0.805. The third-order valence-corrected chi connectivity index (χ3v) is 4.15. The molecule has 1 amide bonds. The van der Waals surface area contributed by atoms with E-state index in [0.29, 0.717) is 19.3 Å². The first-order valence-corrected chi connectivity index (χ1v) is 6.22. The quantitative estimate of drug-likeness (QED) is 0.669. The number of aliphatic carboxylic acids is 1. The van der Waals surface area contributed by atoms with Crippen LogP contribution in [0.2, 0.25) is 0 Å². The van der Waals surface area contributed by atoms with Gasteiger partial charge in [0.1, 0.15) is 0 Å². The van der Waals surface area contributed by atoms with Crippen molar-refractivity contribution in [1.82, 2.24) is 5.32 Å². The number of hydrogen-bond donors (Lipinski definition) is 3. The van der Waals surface area contributed by atoms with Gasteiger partial charge in [-0.1, -0.05) is 0 Å². The summed E-state index contributed by atoms with van der Waals surface area (Å²) in [5, 5.41) is 21.0. The zero-order valence-electron chi connectivity index (χ0n) is 9.82. The molecule has 5 heteroatoms. The van der Waals surface area contributed by atoms with E-state index in [0.717, 1.165) is 19.3 Å². The molecular weight excluding hydrogens is 222 g/mol. The molecule has 96 valence electrons. The summed E-state index contributed by atoms with van der Waals surface area (Å²) in [4.78, 5) is 22.8. The SMILES string of the molecule is O=C(O)[C@H]1CC[C@@H](C(=O)NC2(CO)CCC2)C1. The van der Waals surface area contributed by atoms with E-state index in [1.54, 1.807) is 0 Å². The summed E-state index contributed by atoms with van der Waals surface area (Å²) in [6.45, 7) is -0.0200. The van der Waals surface area contributed by atoms with Crippen LogP contribution in [-0.2, 0) is 9.59 Å². The zero-order chi connectivity index (χ0) is 12.5. The average Bonchev–Trinajstić information content (AvgIpc) is 2.72. The summed E-state index contributed by atoms with van der Waals surface area (Å²) < 4.78 is 0. The first kappa shape index (κ1) is 12.4. The van der Waals surface area contributed by atoms with Crippen LogP contribution < -0.4 is 5.32 Å². The lowest BCUT2D eigenvalue weighted by Crippen LogP contribution is -2.57. The van der Waals surface area contributed by atoms with Crippen molar-refractivity contribution in [2.45, 2.75) is 44.1 Å². The molecule has 2 atom stereocenters. The van der Waals surface area contributed by atoms with Crippen molar-refractivity contribution in [2.24, 2.45) is 11.8 Å². The molecule has 0 aliphatic heterocycles. The van der Waals surface area contributed by atoms with E-state index in [4.69, 9.17) is 5.11 Å². The summed E-state index contributed by atoms with van der Waals surface area (Å²) in [5.74, 6) is -1.46. The van der Waals surface area contributed by atoms with Crippen LogP contribution in [0, 0.1) is 11.8 Å². The molecule has 17 heavy (non-hydrogen) atoms. The Balaban J connectivity index is 1.87. The molecule has 2 aliphatic carbocycles. The first-order valence-electron chi connectivity index (χ1n) is 6.22. The fourth-order valence-corrected chi connectivity index (χ4v) is 2.73. The highest BCUT2D eigenvalue weighted by Crippen LogP contribution is 2.35. The van der Waals surface area contributed by atoms with Crippen molar-refractivity contribution in [3.8, 4) is 0 Å². The van der Waals surface area contributed by atoms with Gasteiger partial charge in [-0.2, -0.15) is 0 Å². The average molecular weight is 241 g/mol. The summed E-state index contributed by atoms with van der Waals surface area (Å²) >= 11 is 0. The molecule has 2 rings (SSSR count). The predicted molar refractivity (Wildman–Crippen MR) is 60.3 cm³/mol. The van der Waals surface area contributed by atoms with Gasteiger partial charge in [0.2, 0.25) is 5.91 Å². The van der Waals surface area contributed by atoms with Gasteiger partial charge in [-0.3, -0.25) is 9.59 Å². The summed E-state index contributed by atoms with van der Waals surface area (Å²) in [6, 6.07) is 0. The molecule has 0 radical (unpaired) electrons. The molecule has 2 saturated carbocycles. The van der Waals surface area contributed by atoms with Crippen LogP contribution in [0.15, 0.2) is 0 Å². The fraction of sp³-hybridized carbons (Fsp3) is 0.833. The van der Waals surface area contributed by atoms with Gasteiger partial charge in [0.05, 0.1) is 18.1 Å². The van der Waals surface area contributed by atoms with Gasteiger partial charge in [0.25, 0.3) is 0 Å². The molecule has 0 aromatic carbocycles. The maximum absolute atomic E-state index is 12.0. The third-order valence-electron chi connectivity index (χ3n) is 4.15. The number of rotatable bonds is 4. The van der Waals surface area contributed by atoms with Gasteiger partial charge >= 0.3 is 5.97 Å². The topological polar surface area (TPSA) is 86.6 Å². The number of aliphatic hydroxyl groups excluding tert-OH is 1. The molecule has 0 spiro atoms. The van der Waals surface area contributed by atoms with Crippen molar-refractivity contribution in [3.63, 3.8) is 0 Å². The van der Waals surface area contributed by atoms with E-state index in [2.05, 4.69) is 5.32 Å². The molecule has 0 aromatic heterocycles. The van der Waals surface area contributed by atoms with Crippen LogP contribution >= 0.6 is 0 Å². The molecule has 2 aliphatic rings. The summed E-state index contributed by atoms with van der Waals surface area (Å²) in [6.07, 6.45) is 4.34. The monoisotopic (exact) mass is 241 g/mol. The number of carboxylic acids is 1. The number of aliphatic hydroxyl groups is 1. The maximum Gasteiger partial charge on any atom is 0.306 e. The van der Waals surface area contributed by atoms with E-state index in [1.165, 1.54) is 0 Å². The van der Waals surface area contributed by atoms with E-state index in [1.807, 2.05) is 0 Å². The lowest BCUT2D eigenvalue weighted by Gasteiger charge is -2.41. The third kappa shape index (κ3) is 2.44. The smallest absolute Gasteiger partial charge is 0.306 e. The molecule has 0 heterocycles. The van der Waals surface area contributed by atoms with Gasteiger partial charge < -0.3 is 15.5 Å². The standard InChI is InChI=1S/C12H19NO4/c14-7-12(4-1-5-12)13-10(15)8-2-3-9(6-8)11(16)17/h8-9,14H,1-7H2,(H,13,15)(H,16,17)/t8-,9+/m1/s1. The van der Waals surface area contributed by atoms with Gasteiger partial charge in [-0.25, -0.2) is 0 Å². The fourth-order valence-electron chi connectivity index (χ4n) is 2.73. The second-order valence-electron chi connectivity index (χ2n) is 5.33. The van der Waals surface area contributed by atoms with Gasteiger partial charge in [0, 0.05) is 5.92 Å². The van der Waals surface area contributed by atoms with Crippen molar-refractivity contribution < 1.29 is 19.8 Å². The first-order chi connectivity index (χ1) is 8.06. The Bertz CT molecular complexity index is 319. The van der Waals surface area contributed by atoms with Crippen LogP contribution in [-0.4, -0.2) is 34.2 Å².